The normalized spacial score (nSPS) is 12.9. The van der Waals surface area contributed by atoms with Gasteiger partial charge >= 0.3 is 0 Å². The number of nitrogens with zero attached hydrogens (tertiary/aromatic N) is 2. The van der Waals surface area contributed by atoms with Gasteiger partial charge in [-0.2, -0.15) is 0 Å². The van der Waals surface area contributed by atoms with Gasteiger partial charge in [0.1, 0.15) is 12.7 Å². The van der Waals surface area contributed by atoms with Crippen molar-refractivity contribution in [1.29, 1.82) is 0 Å². The van der Waals surface area contributed by atoms with E-state index < -0.39 is 6.10 Å². The molecule has 1 aromatic rings. The summed E-state index contributed by atoms with van der Waals surface area (Å²) in [5.74, 6) is 1.33. The molecule has 0 saturated carbocycles. The van der Waals surface area contributed by atoms with Crippen LogP contribution >= 0.6 is 0 Å². The monoisotopic (exact) mass is 354 g/mol. The van der Waals surface area contributed by atoms with Gasteiger partial charge in [-0.05, 0) is 45.6 Å². The highest BCUT2D eigenvalue weighted by Gasteiger charge is 2.13. The lowest BCUT2D eigenvalue weighted by molar-refractivity contribution is 0.0668. The lowest BCUT2D eigenvalue weighted by Gasteiger charge is -2.24. The van der Waals surface area contributed by atoms with Crippen molar-refractivity contribution >= 4 is 0 Å². The summed E-state index contributed by atoms with van der Waals surface area (Å²) in [6.07, 6.45) is -0.551. The number of hydrogen-bond acceptors (Lipinski definition) is 6. The predicted octanol–water partition coefficient (Wildman–Crippen LogP) is 1.85. The maximum absolute atomic E-state index is 10.2. The number of benzene rings is 1. The molecule has 1 unspecified atom stereocenters. The Morgan fingerprint density at radius 2 is 1.84 bits per heavy atom. The highest BCUT2D eigenvalue weighted by Crippen LogP contribution is 2.28. The van der Waals surface area contributed by atoms with Crippen LogP contribution in [0, 0.1) is 0 Å². The fourth-order valence-electron chi connectivity index (χ4n) is 2.35. The molecule has 144 valence electrons. The van der Waals surface area contributed by atoms with Gasteiger partial charge in [0.05, 0.1) is 13.7 Å². The van der Waals surface area contributed by atoms with Crippen molar-refractivity contribution in [3.63, 3.8) is 0 Å². The van der Waals surface area contributed by atoms with Crippen LogP contribution in [-0.2, 0) is 11.3 Å². The lowest BCUT2D eigenvalue weighted by Crippen LogP contribution is -2.37. The Labute approximate surface area is 152 Å². The Morgan fingerprint density at radius 1 is 1.12 bits per heavy atom. The van der Waals surface area contributed by atoms with E-state index in [0.29, 0.717) is 30.7 Å². The first kappa shape index (κ1) is 21.7. The van der Waals surface area contributed by atoms with Gasteiger partial charge in [0.25, 0.3) is 0 Å². The minimum Gasteiger partial charge on any atom is -0.493 e. The molecule has 0 aliphatic heterocycles. The Kier molecular flexibility index (Phi) is 9.82. The molecule has 0 fully saturated rings. The first-order valence-electron chi connectivity index (χ1n) is 8.72. The highest BCUT2D eigenvalue weighted by molar-refractivity contribution is 5.43. The van der Waals surface area contributed by atoms with Gasteiger partial charge in [0, 0.05) is 32.8 Å². The van der Waals surface area contributed by atoms with Crippen molar-refractivity contribution < 1.29 is 19.3 Å². The van der Waals surface area contributed by atoms with Crippen molar-refractivity contribution in [3.8, 4) is 11.5 Å². The Balaban J connectivity index is 2.65. The summed E-state index contributed by atoms with van der Waals surface area (Å²) < 4.78 is 16.3. The molecule has 1 atom stereocenters. The summed E-state index contributed by atoms with van der Waals surface area (Å²) in [5.41, 5.74) is 1.13. The van der Waals surface area contributed by atoms with Gasteiger partial charge in [0.15, 0.2) is 11.5 Å². The Hall–Kier alpha value is -1.34. The first-order valence-corrected chi connectivity index (χ1v) is 8.72. The zero-order valence-corrected chi connectivity index (χ0v) is 16.5. The van der Waals surface area contributed by atoms with E-state index in [-0.39, 0.29) is 6.61 Å². The van der Waals surface area contributed by atoms with Crippen LogP contribution in [0.4, 0.5) is 0 Å². The fraction of sp³-hybridized carbons (Fsp3) is 0.684. The van der Waals surface area contributed by atoms with Gasteiger partial charge in [-0.1, -0.05) is 6.07 Å². The number of hydrogen-bond donors (Lipinski definition) is 1. The van der Waals surface area contributed by atoms with E-state index in [1.165, 1.54) is 0 Å². The zero-order valence-electron chi connectivity index (χ0n) is 16.5. The number of aliphatic hydroxyl groups is 1. The van der Waals surface area contributed by atoms with Gasteiger partial charge in [-0.15, -0.1) is 0 Å². The van der Waals surface area contributed by atoms with Crippen LogP contribution in [0.5, 0.6) is 11.5 Å². The number of rotatable bonds is 12. The third-order valence-corrected chi connectivity index (χ3v) is 4.17. The largest absolute Gasteiger partial charge is 0.493 e. The van der Waals surface area contributed by atoms with E-state index in [0.717, 1.165) is 18.7 Å². The van der Waals surface area contributed by atoms with Crippen LogP contribution in [0.1, 0.15) is 19.4 Å². The van der Waals surface area contributed by atoms with Crippen molar-refractivity contribution in [2.75, 3.05) is 54.6 Å². The van der Waals surface area contributed by atoms with Gasteiger partial charge < -0.3 is 24.2 Å². The number of likely N-dealkylation sites (N-methyl/N-ethyl adjacent to an activating group) is 2. The van der Waals surface area contributed by atoms with Crippen molar-refractivity contribution in [2.45, 2.75) is 32.5 Å². The highest BCUT2D eigenvalue weighted by atomic mass is 16.5. The topological polar surface area (TPSA) is 54.4 Å². The second kappa shape index (κ2) is 11.3. The molecule has 0 amide bonds. The minimum absolute atomic E-state index is 0.233. The average molecular weight is 354 g/mol. The number of methoxy groups -OCH3 is 2. The maximum atomic E-state index is 10.2. The Bertz CT molecular complexity index is 496. The molecule has 1 rings (SSSR count). The summed E-state index contributed by atoms with van der Waals surface area (Å²) in [6.45, 7) is 7.35. The molecule has 0 radical (unpaired) electrons. The molecule has 25 heavy (non-hydrogen) atoms. The summed E-state index contributed by atoms with van der Waals surface area (Å²) in [6, 6.07) is 6.29. The fourth-order valence-corrected chi connectivity index (χ4v) is 2.35. The summed E-state index contributed by atoms with van der Waals surface area (Å²) >= 11 is 0. The van der Waals surface area contributed by atoms with Crippen molar-refractivity contribution in [1.82, 2.24) is 9.80 Å². The van der Waals surface area contributed by atoms with E-state index in [1.54, 1.807) is 14.2 Å². The number of aliphatic hydroxyl groups excluding tert-OH is 1. The third-order valence-electron chi connectivity index (χ3n) is 4.17. The molecule has 1 N–H and O–H groups in total. The quantitative estimate of drug-likeness (QED) is 0.618. The summed E-state index contributed by atoms with van der Waals surface area (Å²) in [4.78, 5) is 4.27. The zero-order chi connectivity index (χ0) is 18.8. The van der Waals surface area contributed by atoms with E-state index in [1.807, 2.05) is 25.2 Å². The van der Waals surface area contributed by atoms with E-state index in [2.05, 4.69) is 30.7 Å². The van der Waals surface area contributed by atoms with Crippen LogP contribution in [0.25, 0.3) is 0 Å². The molecular weight excluding hydrogens is 320 g/mol. The smallest absolute Gasteiger partial charge is 0.161 e. The van der Waals surface area contributed by atoms with Gasteiger partial charge in [-0.3, -0.25) is 4.90 Å². The minimum atomic E-state index is -0.551. The SMILES string of the molecule is COCCN(C)Cc1ccc(OC)c(OCC(O)CN(C)C(C)C)c1. The molecule has 0 heterocycles. The molecule has 0 aliphatic rings. The van der Waals surface area contributed by atoms with Gasteiger partial charge in [-0.25, -0.2) is 0 Å². The maximum Gasteiger partial charge on any atom is 0.161 e. The third kappa shape index (κ3) is 8.05. The molecule has 0 spiro atoms. The van der Waals surface area contributed by atoms with Crippen LogP contribution < -0.4 is 9.47 Å². The standard InChI is InChI=1S/C19H34N2O4/c1-15(2)21(4)13-17(22)14-25-19-11-16(7-8-18(19)24-6)12-20(3)9-10-23-5/h7-8,11,15,17,22H,9-10,12-14H2,1-6H3. The molecule has 1 aromatic carbocycles. The molecule has 0 saturated heterocycles. The van der Waals surface area contributed by atoms with E-state index in [9.17, 15) is 5.11 Å². The molecule has 0 aromatic heterocycles. The molecule has 6 heteroatoms. The second-order valence-electron chi connectivity index (χ2n) is 6.71. The Morgan fingerprint density at radius 3 is 2.44 bits per heavy atom. The van der Waals surface area contributed by atoms with Crippen LogP contribution in [0.3, 0.4) is 0 Å². The van der Waals surface area contributed by atoms with Crippen LogP contribution in [0.2, 0.25) is 0 Å². The number of ether oxygens (including phenoxy) is 3. The van der Waals surface area contributed by atoms with Crippen molar-refractivity contribution in [3.05, 3.63) is 23.8 Å². The second-order valence-corrected chi connectivity index (χ2v) is 6.71. The molecular formula is C19H34N2O4. The lowest BCUT2D eigenvalue weighted by atomic mass is 10.2. The molecule has 0 bridgehead atoms. The van der Waals surface area contributed by atoms with Gasteiger partial charge in [0.2, 0.25) is 0 Å². The summed E-state index contributed by atoms with van der Waals surface area (Å²) in [5, 5.41) is 10.2. The van der Waals surface area contributed by atoms with Crippen LogP contribution in [-0.4, -0.2) is 81.7 Å². The molecule has 0 aliphatic carbocycles. The average Bonchev–Trinajstić information content (AvgIpc) is 2.58. The van der Waals surface area contributed by atoms with E-state index >= 15 is 0 Å². The summed E-state index contributed by atoms with van der Waals surface area (Å²) in [7, 11) is 7.37. The molecule has 6 nitrogen and oxygen atoms in total. The first-order chi connectivity index (χ1) is 11.9. The van der Waals surface area contributed by atoms with Crippen LogP contribution in [0.15, 0.2) is 18.2 Å². The van der Waals surface area contributed by atoms with Crippen molar-refractivity contribution in [2.24, 2.45) is 0 Å². The van der Waals surface area contributed by atoms with E-state index in [4.69, 9.17) is 14.2 Å². The predicted molar refractivity (Wildman–Crippen MR) is 100 cm³/mol.